The van der Waals surface area contributed by atoms with Crippen molar-refractivity contribution in [3.63, 3.8) is 0 Å². The van der Waals surface area contributed by atoms with Crippen molar-refractivity contribution >= 4 is 24.7 Å². The summed E-state index contributed by atoms with van der Waals surface area (Å²) >= 11 is 0. The number of H-pyrrole nitrogens is 1. The van der Waals surface area contributed by atoms with Crippen molar-refractivity contribution in [3.05, 3.63) is 16.7 Å². The molecule has 1 aliphatic rings. The molecule has 1 aliphatic heterocycles. The Morgan fingerprint density at radius 2 is 2.09 bits per heavy atom. The fourth-order valence-corrected chi connectivity index (χ4v) is 3.35. The van der Waals surface area contributed by atoms with Gasteiger partial charge in [0.2, 0.25) is 5.95 Å². The summed E-state index contributed by atoms with van der Waals surface area (Å²) in [6.07, 6.45) is -3.14. The van der Waals surface area contributed by atoms with E-state index in [1.807, 2.05) is 0 Å². The maximum atomic E-state index is 11.7. The van der Waals surface area contributed by atoms with E-state index >= 15 is 0 Å². The number of aromatic amines is 1. The number of aliphatic hydroxyl groups is 2. The first-order valence-corrected chi connectivity index (χ1v) is 8.14. The molecule has 0 spiro atoms. The van der Waals surface area contributed by atoms with Gasteiger partial charge in [0.1, 0.15) is 18.3 Å². The number of nitrogen functional groups attached to an aromatic ring is 1. The summed E-state index contributed by atoms with van der Waals surface area (Å²) in [4.78, 5) is 40.0. The quantitative estimate of drug-likeness (QED) is 0.318. The van der Waals surface area contributed by atoms with Crippen LogP contribution in [0.4, 0.5) is 5.95 Å². The maximum Gasteiger partial charge on any atom is 0.356 e. The normalized spacial score (nSPS) is 28.5. The molecule has 0 saturated carbocycles. The Morgan fingerprint density at radius 1 is 1.39 bits per heavy atom. The van der Waals surface area contributed by atoms with Gasteiger partial charge in [-0.2, -0.15) is 4.98 Å². The van der Waals surface area contributed by atoms with Crippen LogP contribution in [0.3, 0.4) is 0 Å². The van der Waals surface area contributed by atoms with Crippen LogP contribution >= 0.6 is 7.60 Å². The minimum absolute atomic E-state index is 0.0128. The van der Waals surface area contributed by atoms with Crippen molar-refractivity contribution in [3.8, 4) is 0 Å². The molecule has 1 fully saturated rings. The van der Waals surface area contributed by atoms with E-state index in [0.29, 0.717) is 0 Å². The lowest BCUT2D eigenvalue weighted by molar-refractivity contribution is 0.0127. The predicted molar refractivity (Wildman–Crippen MR) is 75.3 cm³/mol. The van der Waals surface area contributed by atoms with Gasteiger partial charge >= 0.3 is 7.60 Å². The highest BCUT2D eigenvalue weighted by Crippen LogP contribution is 2.48. The van der Waals surface area contributed by atoms with Crippen LogP contribution in [0.15, 0.2) is 11.1 Å². The van der Waals surface area contributed by atoms with Gasteiger partial charge in [0.15, 0.2) is 17.0 Å². The third-order valence-corrected chi connectivity index (χ3v) is 4.63. The van der Waals surface area contributed by atoms with Gasteiger partial charge < -0.3 is 35.0 Å². The van der Waals surface area contributed by atoms with Crippen molar-refractivity contribution in [2.75, 3.05) is 5.73 Å². The van der Waals surface area contributed by atoms with Crippen LogP contribution in [0.25, 0.3) is 11.2 Å². The number of nitrogens with one attached hydrogen (secondary N) is 1. The van der Waals surface area contributed by atoms with Gasteiger partial charge in [0.25, 0.3) is 5.56 Å². The van der Waals surface area contributed by atoms with Gasteiger partial charge in [-0.05, 0) is 0 Å². The Balaban J connectivity index is 1.91. The highest BCUT2D eigenvalue weighted by molar-refractivity contribution is 7.52. The molecule has 0 aliphatic carbocycles. The Bertz CT molecular complexity index is 844. The molecule has 23 heavy (non-hydrogen) atoms. The fourth-order valence-electron chi connectivity index (χ4n) is 2.46. The van der Waals surface area contributed by atoms with Crippen LogP contribution in [0.1, 0.15) is 0 Å². The second-order valence-electron chi connectivity index (χ2n) is 5.16. The van der Waals surface area contributed by atoms with Gasteiger partial charge in [-0.1, -0.05) is 0 Å². The number of hydrogen-bond donors (Lipinski definition) is 6. The molecule has 126 valence electrons. The molecule has 7 N–H and O–H groups in total. The number of anilines is 1. The molecule has 0 radical (unpaired) electrons. The van der Waals surface area contributed by atoms with Gasteiger partial charge in [-0.15, -0.1) is 0 Å². The number of ether oxygens (including phenoxy) is 1. The van der Waals surface area contributed by atoms with E-state index in [1.54, 1.807) is 0 Å². The van der Waals surface area contributed by atoms with Gasteiger partial charge in [-0.25, -0.2) is 4.98 Å². The SMILES string of the molecule is Nc1nc2c(ncn2C[C@H]2O[C@@H](P(=O)(O)O)[C@H](O)[C@@H]2O)c(=O)[nH]1. The molecule has 4 atom stereocenters. The van der Waals surface area contributed by atoms with Crippen molar-refractivity contribution < 1.29 is 29.3 Å². The van der Waals surface area contributed by atoms with Crippen LogP contribution in [-0.2, 0) is 15.8 Å². The van der Waals surface area contributed by atoms with E-state index in [9.17, 15) is 19.6 Å². The third kappa shape index (κ3) is 2.76. The summed E-state index contributed by atoms with van der Waals surface area (Å²) in [5, 5.41) is 19.6. The molecule has 13 heteroatoms. The van der Waals surface area contributed by atoms with Gasteiger partial charge in [0, 0.05) is 0 Å². The van der Waals surface area contributed by atoms with Crippen LogP contribution in [0.5, 0.6) is 0 Å². The van der Waals surface area contributed by atoms with Crippen molar-refractivity contribution in [2.24, 2.45) is 0 Å². The zero-order valence-corrected chi connectivity index (χ0v) is 12.4. The standard InChI is InChI=1S/C10H14N5O7P/c11-10-13-7-4(8(18)14-10)12-2-15(7)1-3-5(16)6(17)9(22-3)23(19,20)21/h2-3,5-6,9,16-17H,1H2,(H2,19,20,21)(H3,11,13,14,18)/t3-,5-,6-,9+/m1/s1. The smallest absolute Gasteiger partial charge is 0.356 e. The summed E-state index contributed by atoms with van der Waals surface area (Å²) in [5.74, 6) is -1.95. The zero-order valence-electron chi connectivity index (χ0n) is 11.5. The lowest BCUT2D eigenvalue weighted by atomic mass is 10.1. The van der Waals surface area contributed by atoms with Gasteiger partial charge in [-0.3, -0.25) is 14.3 Å². The molecule has 0 amide bonds. The Hall–Kier alpha value is -1.82. The molecule has 1 saturated heterocycles. The summed E-state index contributed by atoms with van der Waals surface area (Å²) in [6, 6.07) is 0. The molecule has 0 aromatic carbocycles. The Kier molecular flexibility index (Phi) is 3.75. The number of nitrogens with two attached hydrogens (primary N) is 1. The third-order valence-electron chi connectivity index (χ3n) is 3.54. The highest BCUT2D eigenvalue weighted by Gasteiger charge is 2.50. The van der Waals surface area contributed by atoms with Crippen LogP contribution in [0, 0.1) is 0 Å². The molecule has 3 rings (SSSR count). The molecular formula is C10H14N5O7P. The topological polar surface area (TPSA) is 197 Å². The Labute approximate surface area is 127 Å². The lowest BCUT2D eigenvalue weighted by Crippen LogP contribution is -2.34. The second kappa shape index (κ2) is 5.37. The summed E-state index contributed by atoms with van der Waals surface area (Å²) < 4.78 is 17.7. The van der Waals surface area contributed by atoms with E-state index in [-0.39, 0.29) is 23.7 Å². The molecule has 0 unspecified atom stereocenters. The molecule has 3 heterocycles. The molecule has 2 aromatic rings. The van der Waals surface area contributed by atoms with Crippen molar-refractivity contribution in [2.45, 2.75) is 30.7 Å². The largest absolute Gasteiger partial charge is 0.388 e. The van der Waals surface area contributed by atoms with E-state index in [4.69, 9.17) is 20.3 Å². The highest BCUT2D eigenvalue weighted by atomic mass is 31.2. The monoisotopic (exact) mass is 347 g/mol. The van der Waals surface area contributed by atoms with Gasteiger partial charge in [0.05, 0.1) is 12.9 Å². The molecule has 12 nitrogen and oxygen atoms in total. The number of rotatable bonds is 3. The minimum Gasteiger partial charge on any atom is -0.388 e. The zero-order chi connectivity index (χ0) is 16.9. The average Bonchev–Trinajstić information content (AvgIpc) is 2.95. The predicted octanol–water partition coefficient (Wildman–Crippen LogP) is -2.67. The number of aliphatic hydroxyl groups excluding tert-OH is 2. The number of nitrogens with zero attached hydrogens (tertiary/aromatic N) is 3. The first kappa shape index (κ1) is 16.1. The number of imidazole rings is 1. The van der Waals surface area contributed by atoms with E-state index in [0.717, 1.165) is 0 Å². The Morgan fingerprint density at radius 3 is 2.70 bits per heavy atom. The maximum absolute atomic E-state index is 11.7. The summed E-state index contributed by atoms with van der Waals surface area (Å²) in [7, 11) is -4.75. The van der Waals surface area contributed by atoms with E-state index in [2.05, 4.69) is 15.0 Å². The number of fused-ring (bicyclic) bond motifs is 1. The minimum atomic E-state index is -4.75. The van der Waals surface area contributed by atoms with Crippen LogP contribution in [0.2, 0.25) is 0 Å². The molecule has 2 aromatic heterocycles. The summed E-state index contributed by atoms with van der Waals surface area (Å²) in [6.45, 7) is -0.138. The molecule has 0 bridgehead atoms. The van der Waals surface area contributed by atoms with E-state index in [1.165, 1.54) is 10.9 Å². The first-order valence-electron chi connectivity index (χ1n) is 6.46. The van der Waals surface area contributed by atoms with E-state index < -0.39 is 37.3 Å². The number of aromatic nitrogens is 4. The second-order valence-corrected chi connectivity index (χ2v) is 6.84. The summed E-state index contributed by atoms with van der Waals surface area (Å²) in [5.41, 5.74) is 5.04. The lowest BCUT2D eigenvalue weighted by Gasteiger charge is -2.15. The van der Waals surface area contributed by atoms with Crippen molar-refractivity contribution in [1.82, 2.24) is 19.5 Å². The van der Waals surface area contributed by atoms with Crippen LogP contribution < -0.4 is 11.3 Å². The fraction of sp³-hybridized carbons (Fsp3) is 0.500. The van der Waals surface area contributed by atoms with Crippen molar-refractivity contribution in [1.29, 1.82) is 0 Å². The molecular weight excluding hydrogens is 333 g/mol. The average molecular weight is 347 g/mol. The van der Waals surface area contributed by atoms with Crippen LogP contribution in [-0.4, -0.2) is 63.7 Å². The number of hydrogen-bond acceptors (Lipinski definition) is 8. The first-order chi connectivity index (χ1) is 10.7.